The van der Waals surface area contributed by atoms with Gasteiger partial charge in [-0.15, -0.1) is 0 Å². The van der Waals surface area contributed by atoms with E-state index in [-0.39, 0.29) is 17.5 Å². The summed E-state index contributed by atoms with van der Waals surface area (Å²) in [6.07, 6.45) is -3.42. The zero-order chi connectivity index (χ0) is 22.7. The van der Waals surface area contributed by atoms with Crippen molar-refractivity contribution in [3.63, 3.8) is 0 Å². The minimum atomic E-state index is -4.46. The van der Waals surface area contributed by atoms with Crippen LogP contribution in [0, 0.1) is 5.92 Å². The first-order valence-electron chi connectivity index (χ1n) is 10.0. The van der Waals surface area contributed by atoms with Crippen LogP contribution in [0.5, 0.6) is 5.75 Å². The van der Waals surface area contributed by atoms with Crippen molar-refractivity contribution in [2.75, 3.05) is 30.4 Å². The number of piperidine rings is 1. The standard InChI is InChI=1S/C22H21F3N4O3/c1-31-18-7-5-14(6-8-18)19-27-21(32-28-19)29-11-9-15(10-12-29)20(30)26-17-4-2-3-16(13-17)22(23,24)25/h2-8,13,15H,9-12H2,1H3,(H,26,30). The molecule has 2 aromatic carbocycles. The Morgan fingerprint density at radius 2 is 1.88 bits per heavy atom. The fourth-order valence-electron chi connectivity index (χ4n) is 3.55. The number of nitrogens with one attached hydrogen (secondary N) is 1. The molecular weight excluding hydrogens is 425 g/mol. The summed E-state index contributed by atoms with van der Waals surface area (Å²) in [7, 11) is 1.59. The molecule has 168 valence electrons. The number of carbonyl (C=O) groups excluding carboxylic acids is 1. The third-order valence-electron chi connectivity index (χ3n) is 5.36. The van der Waals surface area contributed by atoms with E-state index in [1.54, 1.807) is 19.2 Å². The first kappa shape index (κ1) is 21.7. The van der Waals surface area contributed by atoms with Gasteiger partial charge < -0.3 is 19.5 Å². The number of rotatable bonds is 5. The van der Waals surface area contributed by atoms with E-state index in [0.717, 1.165) is 23.4 Å². The largest absolute Gasteiger partial charge is 0.497 e. The molecule has 1 fully saturated rings. The molecule has 0 radical (unpaired) electrons. The summed E-state index contributed by atoms with van der Waals surface area (Å²) in [5.41, 5.74) is 0.124. The predicted molar refractivity (Wildman–Crippen MR) is 111 cm³/mol. The number of anilines is 2. The Balaban J connectivity index is 1.34. The van der Waals surface area contributed by atoms with E-state index < -0.39 is 11.7 Å². The molecule has 10 heteroatoms. The molecule has 4 rings (SSSR count). The van der Waals surface area contributed by atoms with Crippen LogP contribution in [0.3, 0.4) is 0 Å². The molecule has 1 saturated heterocycles. The normalized spacial score (nSPS) is 14.9. The van der Waals surface area contributed by atoms with E-state index in [1.165, 1.54) is 12.1 Å². The minimum absolute atomic E-state index is 0.133. The van der Waals surface area contributed by atoms with Gasteiger partial charge in [0.25, 0.3) is 0 Å². The molecule has 1 aromatic heterocycles. The molecule has 1 N–H and O–H groups in total. The van der Waals surface area contributed by atoms with E-state index in [0.29, 0.717) is 37.8 Å². The van der Waals surface area contributed by atoms with Crippen LogP contribution in [0.1, 0.15) is 18.4 Å². The molecule has 0 atom stereocenters. The summed E-state index contributed by atoms with van der Waals surface area (Å²) in [6.45, 7) is 1.04. The second-order valence-electron chi connectivity index (χ2n) is 7.46. The Hall–Kier alpha value is -3.56. The minimum Gasteiger partial charge on any atom is -0.497 e. The van der Waals surface area contributed by atoms with Gasteiger partial charge in [-0.2, -0.15) is 18.2 Å². The van der Waals surface area contributed by atoms with E-state index in [9.17, 15) is 18.0 Å². The van der Waals surface area contributed by atoms with Crippen molar-refractivity contribution in [1.29, 1.82) is 0 Å². The molecule has 3 aromatic rings. The van der Waals surface area contributed by atoms with Gasteiger partial charge in [0.1, 0.15) is 5.75 Å². The summed E-state index contributed by atoms with van der Waals surface area (Å²) < 4.78 is 49.1. The van der Waals surface area contributed by atoms with Gasteiger partial charge in [-0.3, -0.25) is 4.79 Å². The number of nitrogens with zero attached hydrogens (tertiary/aromatic N) is 3. The fraction of sp³-hybridized carbons (Fsp3) is 0.318. The molecule has 0 bridgehead atoms. The number of hydrogen-bond donors (Lipinski definition) is 1. The molecule has 0 saturated carbocycles. The first-order valence-corrected chi connectivity index (χ1v) is 10.0. The van der Waals surface area contributed by atoms with Crippen LogP contribution in [0.4, 0.5) is 24.9 Å². The number of carbonyl (C=O) groups is 1. The van der Waals surface area contributed by atoms with Gasteiger partial charge in [-0.1, -0.05) is 11.2 Å². The molecule has 1 amide bonds. The Labute approximate surface area is 182 Å². The monoisotopic (exact) mass is 446 g/mol. The first-order chi connectivity index (χ1) is 15.3. The van der Waals surface area contributed by atoms with E-state index in [4.69, 9.17) is 9.26 Å². The Morgan fingerprint density at radius 3 is 2.53 bits per heavy atom. The Morgan fingerprint density at radius 1 is 1.16 bits per heavy atom. The lowest BCUT2D eigenvalue weighted by molar-refractivity contribution is -0.137. The van der Waals surface area contributed by atoms with Crippen LogP contribution in [0.2, 0.25) is 0 Å². The highest BCUT2D eigenvalue weighted by atomic mass is 19.4. The van der Waals surface area contributed by atoms with Crippen molar-refractivity contribution in [2.45, 2.75) is 19.0 Å². The highest BCUT2D eigenvalue weighted by Gasteiger charge is 2.31. The zero-order valence-electron chi connectivity index (χ0n) is 17.2. The highest BCUT2D eigenvalue weighted by molar-refractivity contribution is 5.92. The predicted octanol–water partition coefficient (Wildman–Crippen LogP) is 4.62. The number of hydrogen-bond acceptors (Lipinski definition) is 6. The number of methoxy groups -OCH3 is 1. The van der Waals surface area contributed by atoms with Crippen molar-refractivity contribution >= 4 is 17.6 Å². The highest BCUT2D eigenvalue weighted by Crippen LogP contribution is 2.31. The van der Waals surface area contributed by atoms with Gasteiger partial charge in [0.15, 0.2) is 0 Å². The summed E-state index contributed by atoms with van der Waals surface area (Å²) in [5, 5.41) is 6.61. The summed E-state index contributed by atoms with van der Waals surface area (Å²) in [4.78, 5) is 18.9. The van der Waals surface area contributed by atoms with E-state index in [1.807, 2.05) is 17.0 Å². The third-order valence-corrected chi connectivity index (χ3v) is 5.36. The van der Waals surface area contributed by atoms with Crippen molar-refractivity contribution in [1.82, 2.24) is 10.1 Å². The Bertz CT molecular complexity index is 1070. The number of benzene rings is 2. The molecule has 0 aliphatic carbocycles. The van der Waals surface area contributed by atoms with Crippen molar-refractivity contribution < 1.29 is 27.2 Å². The van der Waals surface area contributed by atoms with Crippen molar-refractivity contribution in [3.8, 4) is 17.1 Å². The van der Waals surface area contributed by atoms with Crippen LogP contribution in [-0.2, 0) is 11.0 Å². The quantitative estimate of drug-likeness (QED) is 0.616. The van der Waals surface area contributed by atoms with Crippen molar-refractivity contribution in [2.24, 2.45) is 5.92 Å². The maximum absolute atomic E-state index is 12.9. The topological polar surface area (TPSA) is 80.5 Å². The number of ether oxygens (including phenoxy) is 1. The van der Waals surface area contributed by atoms with Crippen molar-refractivity contribution in [3.05, 3.63) is 54.1 Å². The molecular formula is C22H21F3N4O3. The van der Waals surface area contributed by atoms with Crippen LogP contribution in [0.25, 0.3) is 11.4 Å². The van der Waals surface area contributed by atoms with Gasteiger partial charge in [0.05, 0.1) is 12.7 Å². The van der Waals surface area contributed by atoms with Gasteiger partial charge in [0.2, 0.25) is 11.7 Å². The molecule has 1 aliphatic rings. The summed E-state index contributed by atoms with van der Waals surface area (Å²) >= 11 is 0. The molecule has 2 heterocycles. The Kier molecular flexibility index (Phi) is 6.02. The fourth-order valence-corrected chi connectivity index (χ4v) is 3.55. The maximum Gasteiger partial charge on any atom is 0.416 e. The number of aromatic nitrogens is 2. The average Bonchev–Trinajstić information content (AvgIpc) is 3.29. The number of alkyl halides is 3. The van der Waals surface area contributed by atoms with E-state index in [2.05, 4.69) is 15.5 Å². The lowest BCUT2D eigenvalue weighted by Gasteiger charge is -2.29. The SMILES string of the molecule is COc1ccc(-c2noc(N3CCC(C(=O)Nc4cccc(C(F)(F)F)c4)CC3)n2)cc1. The second-order valence-corrected chi connectivity index (χ2v) is 7.46. The van der Waals surface area contributed by atoms with Gasteiger partial charge >= 0.3 is 12.2 Å². The molecule has 32 heavy (non-hydrogen) atoms. The van der Waals surface area contributed by atoms with Gasteiger partial charge in [0, 0.05) is 30.3 Å². The van der Waals surface area contributed by atoms with Crippen LogP contribution in [0.15, 0.2) is 53.1 Å². The number of amides is 1. The molecule has 7 nitrogen and oxygen atoms in total. The van der Waals surface area contributed by atoms with Gasteiger partial charge in [-0.25, -0.2) is 0 Å². The van der Waals surface area contributed by atoms with Crippen LogP contribution < -0.4 is 15.0 Å². The maximum atomic E-state index is 12.9. The van der Waals surface area contributed by atoms with E-state index >= 15 is 0 Å². The van der Waals surface area contributed by atoms with Gasteiger partial charge in [-0.05, 0) is 55.3 Å². The third kappa shape index (κ3) is 4.84. The van der Waals surface area contributed by atoms with Crippen LogP contribution in [-0.4, -0.2) is 36.2 Å². The summed E-state index contributed by atoms with van der Waals surface area (Å²) in [5.74, 6) is 0.563. The molecule has 1 aliphatic heterocycles. The summed E-state index contributed by atoms with van der Waals surface area (Å²) in [6, 6.07) is 12.3. The lowest BCUT2D eigenvalue weighted by atomic mass is 9.96. The second kappa shape index (κ2) is 8.89. The average molecular weight is 446 g/mol. The van der Waals surface area contributed by atoms with Crippen LogP contribution >= 0.6 is 0 Å². The molecule has 0 unspecified atom stereocenters. The number of halogens is 3. The smallest absolute Gasteiger partial charge is 0.416 e. The lowest BCUT2D eigenvalue weighted by Crippen LogP contribution is -2.38. The zero-order valence-corrected chi connectivity index (χ0v) is 17.2. The molecule has 0 spiro atoms.